The molecule has 5 rings (SSSR count). The second-order valence-corrected chi connectivity index (χ2v) is 10.3. The Hall–Kier alpha value is -4.27. The highest BCUT2D eigenvalue weighted by Gasteiger charge is 2.42. The van der Waals surface area contributed by atoms with E-state index in [2.05, 4.69) is 20.5 Å². The molecule has 2 amide bonds. The van der Waals surface area contributed by atoms with E-state index in [0.717, 1.165) is 42.6 Å². The Labute approximate surface area is 234 Å². The molecule has 210 valence electrons. The first-order chi connectivity index (χ1) is 19.4. The molecule has 3 heterocycles. The second-order valence-electron chi connectivity index (χ2n) is 10.3. The third-order valence-corrected chi connectivity index (χ3v) is 8.03. The molecule has 2 fully saturated rings. The van der Waals surface area contributed by atoms with Gasteiger partial charge >= 0.3 is 0 Å². The van der Waals surface area contributed by atoms with Crippen LogP contribution in [0, 0.1) is 6.92 Å². The molecule has 9 nitrogen and oxygen atoms in total. The van der Waals surface area contributed by atoms with Crippen LogP contribution in [0.4, 0.5) is 5.82 Å². The molecule has 3 aromatic rings. The zero-order chi connectivity index (χ0) is 28.2. The summed E-state index contributed by atoms with van der Waals surface area (Å²) in [5, 5.41) is 6.20. The smallest absolute Gasteiger partial charge is 0.253 e. The molecule has 1 aromatic heterocycles. The van der Waals surface area contributed by atoms with Crippen molar-refractivity contribution in [2.75, 3.05) is 26.2 Å². The lowest BCUT2D eigenvalue weighted by molar-refractivity contribution is 0.0923. The van der Waals surface area contributed by atoms with Crippen molar-refractivity contribution in [1.29, 1.82) is 0 Å². The number of methoxy groups -OCH3 is 3. The molecule has 3 atom stereocenters. The fourth-order valence-electron chi connectivity index (χ4n) is 5.96. The van der Waals surface area contributed by atoms with Crippen molar-refractivity contribution in [1.82, 2.24) is 15.6 Å². The summed E-state index contributed by atoms with van der Waals surface area (Å²) in [5.74, 6) is 2.67. The zero-order valence-corrected chi connectivity index (χ0v) is 23.4. The van der Waals surface area contributed by atoms with Crippen LogP contribution in [0.3, 0.4) is 0 Å². The SMILES string of the molecule is COc1ccc(CNC(=O)c2ccc(N3[C@@H]4CC[C@H]3CC(NC(=O)c3cccc(OC)c3C)C4)nc2)c(OC)c1. The van der Waals surface area contributed by atoms with Crippen molar-refractivity contribution in [3.63, 3.8) is 0 Å². The molecule has 2 aliphatic heterocycles. The van der Waals surface area contributed by atoms with E-state index in [4.69, 9.17) is 14.2 Å². The maximum Gasteiger partial charge on any atom is 0.253 e. The number of carbonyl (C=O) groups is 2. The van der Waals surface area contributed by atoms with Gasteiger partial charge in [-0.25, -0.2) is 4.98 Å². The number of pyridine rings is 1. The number of ether oxygens (including phenoxy) is 3. The first-order valence-electron chi connectivity index (χ1n) is 13.6. The van der Waals surface area contributed by atoms with E-state index in [-0.39, 0.29) is 17.9 Å². The molecule has 2 bridgehead atoms. The molecule has 0 spiro atoms. The number of aromatic nitrogens is 1. The van der Waals surface area contributed by atoms with E-state index in [0.29, 0.717) is 47.0 Å². The minimum absolute atomic E-state index is 0.0602. The van der Waals surface area contributed by atoms with Gasteiger partial charge in [0.2, 0.25) is 0 Å². The molecule has 0 saturated carbocycles. The predicted molar refractivity (Wildman–Crippen MR) is 152 cm³/mol. The van der Waals surface area contributed by atoms with E-state index in [1.807, 2.05) is 49.4 Å². The van der Waals surface area contributed by atoms with E-state index in [1.54, 1.807) is 33.6 Å². The summed E-state index contributed by atoms with van der Waals surface area (Å²) in [6, 6.07) is 15.5. The second kappa shape index (κ2) is 11.9. The van der Waals surface area contributed by atoms with Crippen LogP contribution in [0.1, 0.15) is 57.5 Å². The summed E-state index contributed by atoms with van der Waals surface area (Å²) in [4.78, 5) is 32.9. The Bertz CT molecular complexity index is 1360. The largest absolute Gasteiger partial charge is 0.497 e. The highest BCUT2D eigenvalue weighted by atomic mass is 16.5. The molecular formula is C31H36N4O5. The van der Waals surface area contributed by atoms with Gasteiger partial charge < -0.3 is 29.7 Å². The maximum atomic E-state index is 13.1. The number of piperidine rings is 1. The monoisotopic (exact) mass is 544 g/mol. The van der Waals surface area contributed by atoms with Gasteiger partial charge in [-0.15, -0.1) is 0 Å². The van der Waals surface area contributed by atoms with Gasteiger partial charge in [-0.1, -0.05) is 6.07 Å². The standard InChI is InChI=1S/C31H36N4O5/c1-19-26(6-5-7-27(19)39-3)31(37)34-22-14-23-10-11-24(15-22)35(23)29-13-9-21(18-32-29)30(36)33-17-20-8-12-25(38-2)16-28(20)40-4/h5-9,12-13,16,18,22-24H,10-11,14-15,17H2,1-4H3,(H,33,36)(H,34,37)/t22?,23-,24+. The first-order valence-corrected chi connectivity index (χ1v) is 13.6. The predicted octanol–water partition coefficient (Wildman–Crippen LogP) is 4.28. The Kier molecular flexibility index (Phi) is 8.09. The van der Waals surface area contributed by atoms with Gasteiger partial charge in [-0.2, -0.15) is 0 Å². The van der Waals surface area contributed by atoms with Gasteiger partial charge in [-0.3, -0.25) is 9.59 Å². The van der Waals surface area contributed by atoms with Crippen molar-refractivity contribution >= 4 is 17.6 Å². The lowest BCUT2D eigenvalue weighted by Gasteiger charge is -2.40. The lowest BCUT2D eigenvalue weighted by Crippen LogP contribution is -2.50. The summed E-state index contributed by atoms with van der Waals surface area (Å²) < 4.78 is 16.0. The van der Waals surface area contributed by atoms with Crippen LogP contribution in [-0.4, -0.2) is 56.3 Å². The van der Waals surface area contributed by atoms with Crippen molar-refractivity contribution in [3.8, 4) is 17.2 Å². The number of nitrogens with zero attached hydrogens (tertiary/aromatic N) is 2. The maximum absolute atomic E-state index is 13.1. The number of nitrogens with one attached hydrogen (secondary N) is 2. The highest BCUT2D eigenvalue weighted by molar-refractivity contribution is 5.96. The lowest BCUT2D eigenvalue weighted by atomic mass is 9.96. The quantitative estimate of drug-likeness (QED) is 0.415. The fraction of sp³-hybridized carbons (Fsp3) is 0.387. The summed E-state index contributed by atoms with van der Waals surface area (Å²) >= 11 is 0. The zero-order valence-electron chi connectivity index (χ0n) is 23.4. The molecule has 0 radical (unpaired) electrons. The van der Waals surface area contributed by atoms with E-state index >= 15 is 0 Å². The van der Waals surface area contributed by atoms with Crippen LogP contribution in [0.25, 0.3) is 0 Å². The summed E-state index contributed by atoms with van der Waals surface area (Å²) in [7, 11) is 4.81. The molecule has 2 N–H and O–H groups in total. The number of hydrogen-bond donors (Lipinski definition) is 2. The molecule has 9 heteroatoms. The van der Waals surface area contributed by atoms with Crippen LogP contribution in [0.2, 0.25) is 0 Å². The molecule has 2 aromatic carbocycles. The van der Waals surface area contributed by atoms with Gasteiger partial charge in [0.15, 0.2) is 0 Å². The van der Waals surface area contributed by atoms with Gasteiger partial charge in [-0.05, 0) is 69.0 Å². The van der Waals surface area contributed by atoms with Crippen LogP contribution in [-0.2, 0) is 6.54 Å². The summed E-state index contributed by atoms with van der Waals surface area (Å²) in [6.45, 7) is 2.23. The van der Waals surface area contributed by atoms with E-state index in [1.165, 1.54) is 0 Å². The number of benzene rings is 2. The van der Waals surface area contributed by atoms with E-state index < -0.39 is 0 Å². The van der Waals surface area contributed by atoms with Crippen LogP contribution < -0.4 is 29.7 Å². The Balaban J connectivity index is 1.19. The normalized spacial score (nSPS) is 19.6. The average molecular weight is 545 g/mol. The Morgan fingerprint density at radius 1 is 0.925 bits per heavy atom. The van der Waals surface area contributed by atoms with Gasteiger partial charge in [0.1, 0.15) is 23.1 Å². The van der Waals surface area contributed by atoms with Gasteiger partial charge in [0.05, 0.1) is 26.9 Å². The third kappa shape index (κ3) is 5.54. The minimum Gasteiger partial charge on any atom is -0.497 e. The first kappa shape index (κ1) is 27.3. The van der Waals surface area contributed by atoms with Crippen molar-refractivity contribution < 1.29 is 23.8 Å². The summed E-state index contributed by atoms with van der Waals surface area (Å²) in [5.41, 5.74) is 2.85. The molecule has 1 unspecified atom stereocenters. The number of rotatable bonds is 9. The molecule has 2 saturated heterocycles. The average Bonchev–Trinajstić information content (AvgIpc) is 3.25. The van der Waals surface area contributed by atoms with Crippen LogP contribution in [0.5, 0.6) is 17.2 Å². The van der Waals surface area contributed by atoms with Crippen molar-refractivity contribution in [2.24, 2.45) is 0 Å². The van der Waals surface area contributed by atoms with Gasteiger partial charge in [0.25, 0.3) is 11.8 Å². The number of anilines is 1. The molecule has 0 aliphatic carbocycles. The number of hydrogen-bond acceptors (Lipinski definition) is 7. The highest BCUT2D eigenvalue weighted by Crippen LogP contribution is 2.38. The summed E-state index contributed by atoms with van der Waals surface area (Å²) in [6.07, 6.45) is 5.47. The van der Waals surface area contributed by atoms with Crippen molar-refractivity contribution in [3.05, 3.63) is 77.0 Å². The molecule has 2 aliphatic rings. The van der Waals surface area contributed by atoms with Crippen LogP contribution in [0.15, 0.2) is 54.7 Å². The van der Waals surface area contributed by atoms with E-state index in [9.17, 15) is 9.59 Å². The Morgan fingerprint density at radius 3 is 2.33 bits per heavy atom. The topological polar surface area (TPSA) is 102 Å². The van der Waals surface area contributed by atoms with Gasteiger partial charge in [0, 0.05) is 53.6 Å². The van der Waals surface area contributed by atoms with Crippen LogP contribution >= 0.6 is 0 Å². The Morgan fingerprint density at radius 2 is 1.68 bits per heavy atom. The van der Waals surface area contributed by atoms with Crippen molar-refractivity contribution in [2.45, 2.75) is 57.3 Å². The molecular weight excluding hydrogens is 508 g/mol. The fourth-order valence-corrected chi connectivity index (χ4v) is 5.96. The third-order valence-electron chi connectivity index (χ3n) is 8.03. The number of carbonyl (C=O) groups excluding carboxylic acids is 2. The number of amides is 2. The minimum atomic E-state index is -0.200. The number of fused-ring (bicyclic) bond motifs is 2. The molecule has 40 heavy (non-hydrogen) atoms.